The molecule has 2 rings (SSSR count). The van der Waals surface area contributed by atoms with Crippen molar-refractivity contribution >= 4 is 11.6 Å². The van der Waals surface area contributed by atoms with Gasteiger partial charge in [0.05, 0.1) is 11.3 Å². The monoisotopic (exact) mass is 174 g/mol. The van der Waals surface area contributed by atoms with Crippen molar-refractivity contribution in [2.45, 2.75) is 0 Å². The highest BCUT2D eigenvalue weighted by Gasteiger charge is 2.23. The molecule has 1 aromatic heterocycles. The highest BCUT2D eigenvalue weighted by Crippen LogP contribution is 2.16. The van der Waals surface area contributed by atoms with Crippen LogP contribution in [0.15, 0.2) is 30.2 Å². The van der Waals surface area contributed by atoms with Gasteiger partial charge in [0.2, 0.25) is 5.78 Å². The number of pyridine rings is 1. The molecule has 0 aliphatic heterocycles. The van der Waals surface area contributed by atoms with Gasteiger partial charge in [-0.1, -0.05) is 0 Å². The average molecular weight is 174 g/mol. The molecule has 13 heavy (non-hydrogen) atoms. The molecule has 0 saturated heterocycles. The Bertz CT molecular complexity index is 435. The minimum Gasteiger partial charge on any atom is -0.395 e. The smallest absolute Gasteiger partial charge is 0.211 e. The van der Waals surface area contributed by atoms with Crippen molar-refractivity contribution in [1.29, 1.82) is 0 Å². The summed E-state index contributed by atoms with van der Waals surface area (Å²) < 4.78 is 0. The van der Waals surface area contributed by atoms with E-state index in [1.54, 1.807) is 0 Å². The average Bonchev–Trinajstić information content (AvgIpc) is 2.15. The van der Waals surface area contributed by atoms with Crippen LogP contribution in [0.25, 0.3) is 0 Å². The molecule has 4 heteroatoms. The van der Waals surface area contributed by atoms with E-state index in [0.29, 0.717) is 5.56 Å². The number of hydrogen-bond donors (Lipinski definition) is 1. The van der Waals surface area contributed by atoms with Gasteiger partial charge in [-0.05, 0) is 6.07 Å². The van der Waals surface area contributed by atoms with Gasteiger partial charge < -0.3 is 5.73 Å². The lowest BCUT2D eigenvalue weighted by atomic mass is 9.95. The molecule has 0 spiro atoms. The predicted octanol–water partition coefficient (Wildman–Crippen LogP) is 0.303. The number of hydrogen-bond acceptors (Lipinski definition) is 4. The molecule has 2 N–H and O–H groups in total. The number of ketones is 2. The lowest BCUT2D eigenvalue weighted by molar-refractivity contribution is 0.0983. The van der Waals surface area contributed by atoms with Crippen molar-refractivity contribution in [3.8, 4) is 0 Å². The summed E-state index contributed by atoms with van der Waals surface area (Å²) >= 11 is 0. The van der Waals surface area contributed by atoms with Crippen LogP contribution in [0.5, 0.6) is 0 Å². The highest BCUT2D eigenvalue weighted by molar-refractivity contribution is 6.23. The maximum atomic E-state index is 11.4. The molecule has 4 nitrogen and oxygen atoms in total. The van der Waals surface area contributed by atoms with Crippen LogP contribution < -0.4 is 5.73 Å². The Hall–Kier alpha value is -1.97. The standard InChI is InChI=1S/C9H6N2O2/c10-7-3-8(12)5-1-2-11-4-6(5)9(7)13/h1-4H,10H2. The summed E-state index contributed by atoms with van der Waals surface area (Å²) in [6.07, 6.45) is 3.97. The molecule has 0 saturated carbocycles. The van der Waals surface area contributed by atoms with E-state index in [1.807, 2.05) is 0 Å². The van der Waals surface area contributed by atoms with Gasteiger partial charge in [0.1, 0.15) is 0 Å². The quantitative estimate of drug-likeness (QED) is 0.614. The second-order valence-electron chi connectivity index (χ2n) is 2.71. The number of Topliss-reactive ketones (excluding diaryl/α,β-unsaturated/α-hetero) is 1. The molecule has 0 radical (unpaired) electrons. The van der Waals surface area contributed by atoms with Crippen LogP contribution in [0.4, 0.5) is 0 Å². The maximum Gasteiger partial charge on any atom is 0.211 e. The van der Waals surface area contributed by atoms with E-state index < -0.39 is 0 Å². The normalized spacial score (nSPS) is 15.2. The third kappa shape index (κ3) is 1.03. The lowest BCUT2D eigenvalue weighted by Crippen LogP contribution is -2.21. The fourth-order valence-corrected chi connectivity index (χ4v) is 1.23. The Morgan fingerprint density at radius 2 is 2.00 bits per heavy atom. The summed E-state index contributed by atoms with van der Waals surface area (Å²) in [5, 5.41) is 0. The number of carbonyl (C=O) groups is 2. The molecule has 1 aromatic rings. The van der Waals surface area contributed by atoms with Gasteiger partial charge in [0.25, 0.3) is 0 Å². The summed E-state index contributed by atoms with van der Waals surface area (Å²) in [5.74, 6) is -0.572. The number of nitrogens with two attached hydrogens (primary N) is 1. The van der Waals surface area contributed by atoms with Crippen molar-refractivity contribution in [2.75, 3.05) is 0 Å². The zero-order chi connectivity index (χ0) is 9.42. The molecule has 1 aliphatic rings. The first-order valence-corrected chi connectivity index (χ1v) is 3.70. The minimum absolute atomic E-state index is 0.0227. The third-order valence-electron chi connectivity index (χ3n) is 1.88. The number of fused-ring (bicyclic) bond motifs is 1. The van der Waals surface area contributed by atoms with Crippen molar-refractivity contribution in [3.05, 3.63) is 41.4 Å². The predicted molar refractivity (Wildman–Crippen MR) is 45.2 cm³/mol. The second kappa shape index (κ2) is 2.52. The molecular weight excluding hydrogens is 168 g/mol. The fraction of sp³-hybridized carbons (Fsp3) is 0. The van der Waals surface area contributed by atoms with Crippen LogP contribution >= 0.6 is 0 Å². The molecule has 0 unspecified atom stereocenters. The van der Waals surface area contributed by atoms with Gasteiger partial charge >= 0.3 is 0 Å². The van der Waals surface area contributed by atoms with E-state index in [-0.39, 0.29) is 22.8 Å². The summed E-state index contributed by atoms with van der Waals surface area (Å²) in [4.78, 5) is 26.4. The molecule has 0 aromatic carbocycles. The number of carbonyl (C=O) groups excluding carboxylic acids is 2. The van der Waals surface area contributed by atoms with Gasteiger partial charge in [-0.15, -0.1) is 0 Å². The van der Waals surface area contributed by atoms with Crippen LogP contribution in [0.1, 0.15) is 20.7 Å². The van der Waals surface area contributed by atoms with Crippen molar-refractivity contribution in [2.24, 2.45) is 5.73 Å². The Kier molecular flexibility index (Phi) is 1.48. The molecule has 0 atom stereocenters. The van der Waals surface area contributed by atoms with Crippen LogP contribution in [0, 0.1) is 0 Å². The van der Waals surface area contributed by atoms with Gasteiger partial charge in [-0.25, -0.2) is 0 Å². The van der Waals surface area contributed by atoms with Gasteiger partial charge in [0.15, 0.2) is 5.78 Å². The molecule has 1 aliphatic carbocycles. The number of allylic oxidation sites excluding steroid dienone is 2. The first-order chi connectivity index (χ1) is 6.20. The topological polar surface area (TPSA) is 73.1 Å². The summed E-state index contributed by atoms with van der Waals surface area (Å²) in [6.45, 7) is 0. The number of nitrogens with zero attached hydrogens (tertiary/aromatic N) is 1. The van der Waals surface area contributed by atoms with Crippen LogP contribution in [-0.2, 0) is 0 Å². The van der Waals surface area contributed by atoms with Crippen LogP contribution in [0.3, 0.4) is 0 Å². The maximum absolute atomic E-state index is 11.4. The van der Waals surface area contributed by atoms with Gasteiger partial charge in [0, 0.05) is 24.0 Å². The largest absolute Gasteiger partial charge is 0.395 e. The van der Waals surface area contributed by atoms with Crippen LogP contribution in [-0.4, -0.2) is 16.6 Å². The first-order valence-electron chi connectivity index (χ1n) is 3.70. The Morgan fingerprint density at radius 3 is 2.77 bits per heavy atom. The first kappa shape index (κ1) is 7.67. The summed E-state index contributed by atoms with van der Waals surface area (Å²) in [5.41, 5.74) is 5.98. The Morgan fingerprint density at radius 1 is 1.23 bits per heavy atom. The molecule has 0 fully saturated rings. The van der Waals surface area contributed by atoms with Gasteiger partial charge in [-0.2, -0.15) is 0 Å². The molecule has 0 amide bonds. The fourth-order valence-electron chi connectivity index (χ4n) is 1.23. The van der Waals surface area contributed by atoms with Crippen molar-refractivity contribution in [3.63, 3.8) is 0 Å². The molecule has 64 valence electrons. The second-order valence-corrected chi connectivity index (χ2v) is 2.71. The SMILES string of the molecule is NC1=CC(=O)c2ccncc2C1=O. The molecule has 1 heterocycles. The summed E-state index contributed by atoms with van der Waals surface area (Å²) in [7, 11) is 0. The number of rotatable bonds is 0. The van der Waals surface area contributed by atoms with Gasteiger partial charge in [-0.3, -0.25) is 14.6 Å². The highest BCUT2D eigenvalue weighted by atomic mass is 16.1. The van der Waals surface area contributed by atoms with E-state index in [1.165, 1.54) is 18.5 Å². The zero-order valence-electron chi connectivity index (χ0n) is 6.65. The number of aromatic nitrogens is 1. The Balaban J connectivity index is 2.69. The van der Waals surface area contributed by atoms with Crippen molar-refractivity contribution < 1.29 is 9.59 Å². The van der Waals surface area contributed by atoms with E-state index in [0.717, 1.165) is 6.08 Å². The Labute approximate surface area is 74.1 Å². The lowest BCUT2D eigenvalue weighted by Gasteiger charge is -2.10. The molecular formula is C9H6N2O2. The molecule has 0 bridgehead atoms. The zero-order valence-corrected chi connectivity index (χ0v) is 6.65. The minimum atomic E-state index is -0.331. The van der Waals surface area contributed by atoms with E-state index >= 15 is 0 Å². The van der Waals surface area contributed by atoms with E-state index in [9.17, 15) is 9.59 Å². The summed E-state index contributed by atoms with van der Waals surface area (Å²) in [6, 6.07) is 1.51. The van der Waals surface area contributed by atoms with E-state index in [2.05, 4.69) is 4.98 Å². The van der Waals surface area contributed by atoms with Crippen LogP contribution in [0.2, 0.25) is 0 Å². The third-order valence-corrected chi connectivity index (χ3v) is 1.88. The van der Waals surface area contributed by atoms with E-state index in [4.69, 9.17) is 5.73 Å². The van der Waals surface area contributed by atoms with Crippen molar-refractivity contribution in [1.82, 2.24) is 4.98 Å².